The minimum Gasteiger partial charge on any atom is -0.332 e. The first kappa shape index (κ1) is 25.1. The van der Waals surface area contributed by atoms with Crippen LogP contribution in [-0.4, -0.2) is 36.1 Å². The molecule has 0 radical (unpaired) electrons. The number of nitrogens with zero attached hydrogens (tertiary/aromatic N) is 2. The van der Waals surface area contributed by atoms with Crippen molar-refractivity contribution < 1.29 is 17.6 Å². The zero-order valence-corrected chi connectivity index (χ0v) is 20.9. The third kappa shape index (κ3) is 6.50. The van der Waals surface area contributed by atoms with Gasteiger partial charge in [-0.05, 0) is 69.7 Å². The van der Waals surface area contributed by atoms with Gasteiger partial charge in [0.15, 0.2) is 0 Å². The molecule has 0 aliphatic heterocycles. The molecule has 0 bridgehead atoms. The second-order valence-electron chi connectivity index (χ2n) is 8.35. The average molecular weight is 489 g/mol. The number of sulfonamides is 1. The number of rotatable bonds is 9. The Morgan fingerprint density at radius 3 is 2.12 bits per heavy atom. The minimum atomic E-state index is -3.85. The van der Waals surface area contributed by atoms with E-state index >= 15 is 0 Å². The molecule has 3 aromatic rings. The molecule has 0 fully saturated rings. The Labute approximate surface area is 199 Å². The van der Waals surface area contributed by atoms with Crippen LogP contribution in [0.2, 0.25) is 0 Å². The number of benzene rings is 2. The summed E-state index contributed by atoms with van der Waals surface area (Å²) < 4.78 is 41.2. The van der Waals surface area contributed by atoms with Crippen molar-refractivity contribution in [2.75, 3.05) is 6.54 Å². The van der Waals surface area contributed by atoms with Gasteiger partial charge in [-0.1, -0.05) is 29.8 Å². The first-order valence-corrected chi connectivity index (χ1v) is 13.0. The van der Waals surface area contributed by atoms with Gasteiger partial charge in [0.05, 0.1) is 18.0 Å². The molecule has 0 atom stereocenters. The van der Waals surface area contributed by atoms with E-state index < -0.39 is 16.1 Å². The Morgan fingerprint density at radius 1 is 0.939 bits per heavy atom. The van der Waals surface area contributed by atoms with E-state index in [2.05, 4.69) is 0 Å². The molecule has 2 aromatic carbocycles. The zero-order chi connectivity index (χ0) is 24.2. The van der Waals surface area contributed by atoms with Crippen molar-refractivity contribution in [3.8, 4) is 0 Å². The lowest BCUT2D eigenvalue weighted by atomic mass is 10.2. The van der Waals surface area contributed by atoms with Gasteiger partial charge in [0, 0.05) is 22.3 Å². The fourth-order valence-electron chi connectivity index (χ4n) is 3.42. The van der Waals surface area contributed by atoms with E-state index in [4.69, 9.17) is 0 Å². The Bertz CT molecular complexity index is 1190. The molecule has 33 heavy (non-hydrogen) atoms. The SMILES string of the molecule is Cc1ccc(S(=O)(=O)N(CC(=O)N(Cc2ccc(F)cc2)Cc2ccc(C)s2)C(C)C)cc1. The van der Waals surface area contributed by atoms with Gasteiger partial charge < -0.3 is 4.90 Å². The van der Waals surface area contributed by atoms with Gasteiger partial charge in [-0.3, -0.25) is 4.79 Å². The number of thiophene rings is 1. The highest BCUT2D eigenvalue weighted by Crippen LogP contribution is 2.22. The lowest BCUT2D eigenvalue weighted by molar-refractivity contribution is -0.132. The maximum Gasteiger partial charge on any atom is 0.243 e. The van der Waals surface area contributed by atoms with Crippen LogP contribution in [0.25, 0.3) is 0 Å². The lowest BCUT2D eigenvalue weighted by Gasteiger charge is -2.29. The van der Waals surface area contributed by atoms with Crippen LogP contribution < -0.4 is 0 Å². The van der Waals surface area contributed by atoms with Crippen LogP contribution in [0, 0.1) is 19.7 Å². The number of aryl methyl sites for hydroxylation is 2. The van der Waals surface area contributed by atoms with Crippen LogP contribution in [0.4, 0.5) is 4.39 Å². The van der Waals surface area contributed by atoms with E-state index in [1.807, 2.05) is 26.0 Å². The Morgan fingerprint density at radius 2 is 1.58 bits per heavy atom. The molecule has 1 aromatic heterocycles. The van der Waals surface area contributed by atoms with Crippen molar-refractivity contribution in [1.82, 2.24) is 9.21 Å². The average Bonchev–Trinajstić information content (AvgIpc) is 3.17. The second-order valence-corrected chi connectivity index (χ2v) is 11.6. The van der Waals surface area contributed by atoms with E-state index in [1.54, 1.807) is 66.5 Å². The standard InChI is InChI=1S/C25H29FN2O3S2/c1-18(2)28(33(30,31)24-13-5-19(3)6-14-24)17-25(29)27(16-23-12-7-20(4)32-23)15-21-8-10-22(26)11-9-21/h5-14,18H,15-17H2,1-4H3. The Hall–Kier alpha value is -2.55. The van der Waals surface area contributed by atoms with Crippen molar-refractivity contribution in [1.29, 1.82) is 0 Å². The molecule has 0 saturated carbocycles. The van der Waals surface area contributed by atoms with Gasteiger partial charge in [0.1, 0.15) is 5.82 Å². The topological polar surface area (TPSA) is 57.7 Å². The molecule has 1 heterocycles. The number of hydrogen-bond acceptors (Lipinski definition) is 4. The van der Waals surface area contributed by atoms with E-state index in [-0.39, 0.29) is 29.7 Å². The lowest BCUT2D eigenvalue weighted by Crippen LogP contribution is -2.45. The fourth-order valence-corrected chi connectivity index (χ4v) is 5.92. The number of carbonyl (C=O) groups is 1. The summed E-state index contributed by atoms with van der Waals surface area (Å²) in [5, 5.41) is 0. The maximum atomic E-state index is 13.4. The minimum absolute atomic E-state index is 0.161. The van der Waals surface area contributed by atoms with Crippen molar-refractivity contribution in [2.24, 2.45) is 0 Å². The van der Waals surface area contributed by atoms with Crippen LogP contribution in [-0.2, 0) is 27.9 Å². The predicted molar refractivity (Wildman–Crippen MR) is 130 cm³/mol. The van der Waals surface area contributed by atoms with Crippen molar-refractivity contribution in [3.63, 3.8) is 0 Å². The van der Waals surface area contributed by atoms with Crippen LogP contribution >= 0.6 is 11.3 Å². The Kier molecular flexibility index (Phi) is 8.05. The van der Waals surface area contributed by atoms with Gasteiger partial charge in [-0.15, -0.1) is 11.3 Å². The van der Waals surface area contributed by atoms with Crippen LogP contribution in [0.5, 0.6) is 0 Å². The summed E-state index contributed by atoms with van der Waals surface area (Å²) in [5.41, 5.74) is 1.73. The molecule has 5 nitrogen and oxygen atoms in total. The molecule has 176 valence electrons. The largest absolute Gasteiger partial charge is 0.332 e. The highest BCUT2D eigenvalue weighted by molar-refractivity contribution is 7.89. The predicted octanol–water partition coefficient (Wildman–Crippen LogP) is 5.13. The third-order valence-corrected chi connectivity index (χ3v) is 8.30. The first-order valence-electron chi connectivity index (χ1n) is 10.7. The number of amides is 1. The zero-order valence-electron chi connectivity index (χ0n) is 19.3. The highest BCUT2D eigenvalue weighted by Gasteiger charge is 2.31. The molecule has 1 amide bonds. The smallest absolute Gasteiger partial charge is 0.243 e. The Balaban J connectivity index is 1.87. The number of carbonyl (C=O) groups excluding carboxylic acids is 1. The summed E-state index contributed by atoms with van der Waals surface area (Å²) in [6.45, 7) is 7.73. The van der Waals surface area contributed by atoms with Crippen LogP contribution in [0.3, 0.4) is 0 Å². The highest BCUT2D eigenvalue weighted by atomic mass is 32.2. The maximum absolute atomic E-state index is 13.4. The van der Waals surface area contributed by atoms with Gasteiger partial charge >= 0.3 is 0 Å². The van der Waals surface area contributed by atoms with E-state index in [0.717, 1.165) is 20.9 Å². The molecular weight excluding hydrogens is 459 g/mol. The van der Waals surface area contributed by atoms with Crippen molar-refractivity contribution in [3.05, 3.63) is 87.4 Å². The molecule has 3 rings (SSSR count). The van der Waals surface area contributed by atoms with Crippen LogP contribution in [0.15, 0.2) is 65.6 Å². The third-order valence-electron chi connectivity index (χ3n) is 5.28. The number of halogens is 1. The van der Waals surface area contributed by atoms with E-state index in [9.17, 15) is 17.6 Å². The first-order chi connectivity index (χ1) is 15.6. The van der Waals surface area contributed by atoms with Crippen molar-refractivity contribution >= 4 is 27.3 Å². The summed E-state index contributed by atoms with van der Waals surface area (Å²) in [4.78, 5) is 17.3. The monoisotopic (exact) mass is 488 g/mol. The van der Waals surface area contributed by atoms with Crippen molar-refractivity contribution in [2.45, 2.75) is 51.7 Å². The molecule has 0 aliphatic carbocycles. The molecule has 8 heteroatoms. The molecule has 0 saturated heterocycles. The van der Waals surface area contributed by atoms with E-state index in [0.29, 0.717) is 6.54 Å². The van der Waals surface area contributed by atoms with Gasteiger partial charge in [0.25, 0.3) is 0 Å². The normalized spacial score (nSPS) is 11.8. The summed E-state index contributed by atoms with van der Waals surface area (Å²) in [5.74, 6) is -0.657. The van der Waals surface area contributed by atoms with E-state index in [1.165, 1.54) is 16.4 Å². The summed E-state index contributed by atoms with van der Waals surface area (Å²) in [7, 11) is -3.85. The molecule has 0 unspecified atom stereocenters. The second kappa shape index (κ2) is 10.6. The van der Waals surface area contributed by atoms with Crippen LogP contribution in [0.1, 0.15) is 34.7 Å². The van der Waals surface area contributed by atoms with Gasteiger partial charge in [-0.2, -0.15) is 4.31 Å². The van der Waals surface area contributed by atoms with Gasteiger partial charge in [0.2, 0.25) is 15.9 Å². The van der Waals surface area contributed by atoms with Gasteiger partial charge in [-0.25, -0.2) is 12.8 Å². The fraction of sp³-hybridized carbons (Fsp3) is 0.320. The molecular formula is C25H29FN2O3S2. The quantitative estimate of drug-likeness (QED) is 0.419. The summed E-state index contributed by atoms with van der Waals surface area (Å²) in [6.07, 6.45) is 0. The summed E-state index contributed by atoms with van der Waals surface area (Å²) in [6, 6.07) is 16.2. The number of hydrogen-bond donors (Lipinski definition) is 0. The molecule has 0 aliphatic rings. The molecule has 0 spiro atoms. The molecule has 0 N–H and O–H groups in total. The summed E-state index contributed by atoms with van der Waals surface area (Å²) >= 11 is 1.59.